The van der Waals surface area contributed by atoms with E-state index in [0.29, 0.717) is 0 Å². The fourth-order valence-electron chi connectivity index (χ4n) is 1.97. The van der Waals surface area contributed by atoms with Gasteiger partial charge in [-0.25, -0.2) is 0 Å². The summed E-state index contributed by atoms with van der Waals surface area (Å²) in [5, 5.41) is 0. The summed E-state index contributed by atoms with van der Waals surface area (Å²) in [5.41, 5.74) is 1.48. The molecule has 3 rings (SSSR count). The van der Waals surface area contributed by atoms with Gasteiger partial charge in [0.1, 0.15) is 0 Å². The molecule has 0 aliphatic heterocycles. The molecule has 0 fully saturated rings. The summed E-state index contributed by atoms with van der Waals surface area (Å²) < 4.78 is 6.06. The molecule has 3 aromatic rings. The van der Waals surface area contributed by atoms with Crippen LogP contribution in [0.5, 0.6) is 0 Å². The molecule has 0 aromatic carbocycles. The van der Waals surface area contributed by atoms with Crippen molar-refractivity contribution < 1.29 is 0 Å². The van der Waals surface area contributed by atoms with E-state index < -0.39 is 0 Å². The Hall–Kier alpha value is -0.0300. The average molecular weight is 284 g/mol. The third-order valence-electron chi connectivity index (χ3n) is 2.93. The maximum Gasteiger partial charge on any atom is 0.0644 e. The van der Waals surface area contributed by atoms with Crippen LogP contribution in [0.2, 0.25) is 0 Å². The Morgan fingerprint density at radius 3 is 2.06 bits per heavy atom. The standard InChI is InChI=1S/C12H12S4/c1-5-6(2)14-10-8(5)16-11-9(13-4)7(3)15-12(10)11/h1-4H3. The van der Waals surface area contributed by atoms with Crippen molar-refractivity contribution in [2.24, 2.45) is 0 Å². The summed E-state index contributed by atoms with van der Waals surface area (Å²) in [5.74, 6) is 0. The van der Waals surface area contributed by atoms with Crippen LogP contribution in [0.15, 0.2) is 4.90 Å². The van der Waals surface area contributed by atoms with Gasteiger partial charge in [-0.05, 0) is 32.6 Å². The zero-order valence-electron chi connectivity index (χ0n) is 9.63. The van der Waals surface area contributed by atoms with E-state index in [4.69, 9.17) is 0 Å². The summed E-state index contributed by atoms with van der Waals surface area (Å²) >= 11 is 7.79. The van der Waals surface area contributed by atoms with Crippen LogP contribution in [0.1, 0.15) is 15.3 Å². The number of fused-ring (bicyclic) bond motifs is 3. The first-order chi connectivity index (χ1) is 7.63. The molecule has 0 radical (unpaired) electrons. The fraction of sp³-hybridized carbons (Fsp3) is 0.333. The monoisotopic (exact) mass is 284 g/mol. The maximum atomic E-state index is 2.25. The summed E-state index contributed by atoms with van der Waals surface area (Å²) in [4.78, 5) is 4.43. The molecule has 84 valence electrons. The van der Waals surface area contributed by atoms with Crippen molar-refractivity contribution in [3.63, 3.8) is 0 Å². The molecular formula is C12H12S4. The first-order valence-electron chi connectivity index (χ1n) is 5.09. The molecule has 0 nitrogen and oxygen atoms in total. The number of hydrogen-bond donors (Lipinski definition) is 0. The Balaban J connectivity index is 2.50. The third-order valence-corrected chi connectivity index (χ3v) is 8.17. The van der Waals surface area contributed by atoms with Crippen LogP contribution in [0.25, 0.3) is 18.8 Å². The largest absolute Gasteiger partial charge is 0.138 e. The Kier molecular flexibility index (Phi) is 2.59. The molecule has 0 unspecified atom stereocenters. The van der Waals surface area contributed by atoms with E-state index in [9.17, 15) is 0 Å². The van der Waals surface area contributed by atoms with Crippen LogP contribution < -0.4 is 0 Å². The molecule has 0 N–H and O–H groups in total. The van der Waals surface area contributed by atoms with Gasteiger partial charge >= 0.3 is 0 Å². The van der Waals surface area contributed by atoms with Crippen LogP contribution in [0, 0.1) is 20.8 Å². The second-order valence-corrected chi connectivity index (χ2v) is 8.18. The zero-order chi connectivity index (χ0) is 11.4. The van der Waals surface area contributed by atoms with Gasteiger partial charge in [0.25, 0.3) is 0 Å². The van der Waals surface area contributed by atoms with Crippen molar-refractivity contribution in [3.05, 3.63) is 15.3 Å². The van der Waals surface area contributed by atoms with Crippen LogP contribution >= 0.6 is 45.8 Å². The van der Waals surface area contributed by atoms with E-state index in [1.165, 1.54) is 39.0 Å². The minimum Gasteiger partial charge on any atom is -0.138 e. The van der Waals surface area contributed by atoms with Gasteiger partial charge in [0.2, 0.25) is 0 Å². The highest BCUT2D eigenvalue weighted by molar-refractivity contribution is 7.99. The highest BCUT2D eigenvalue weighted by atomic mass is 32.2. The summed E-state index contributed by atoms with van der Waals surface area (Å²) in [6, 6.07) is 0. The summed E-state index contributed by atoms with van der Waals surface area (Å²) in [7, 11) is 0. The van der Waals surface area contributed by atoms with Gasteiger partial charge in [-0.3, -0.25) is 0 Å². The number of hydrogen-bond acceptors (Lipinski definition) is 4. The van der Waals surface area contributed by atoms with Crippen molar-refractivity contribution in [2.45, 2.75) is 25.7 Å². The molecule has 3 aromatic heterocycles. The van der Waals surface area contributed by atoms with E-state index in [0.717, 1.165) is 0 Å². The predicted octanol–water partition coefficient (Wildman–Crippen LogP) is 5.82. The van der Waals surface area contributed by atoms with Crippen LogP contribution in [0.4, 0.5) is 0 Å². The fourth-order valence-corrected chi connectivity index (χ4v) is 7.40. The minimum absolute atomic E-state index is 1.47. The highest BCUT2D eigenvalue weighted by Crippen LogP contribution is 2.49. The molecule has 0 saturated carbocycles. The zero-order valence-corrected chi connectivity index (χ0v) is 12.9. The molecule has 0 bridgehead atoms. The Morgan fingerprint density at radius 1 is 0.750 bits per heavy atom. The molecule has 3 heterocycles. The van der Waals surface area contributed by atoms with Gasteiger partial charge in [-0.15, -0.1) is 45.8 Å². The van der Waals surface area contributed by atoms with E-state index in [2.05, 4.69) is 27.0 Å². The van der Waals surface area contributed by atoms with Gasteiger partial charge in [-0.1, -0.05) is 0 Å². The highest BCUT2D eigenvalue weighted by Gasteiger charge is 2.17. The molecule has 16 heavy (non-hydrogen) atoms. The second kappa shape index (κ2) is 3.73. The van der Waals surface area contributed by atoms with E-state index in [1.54, 1.807) is 0 Å². The molecule has 4 heteroatoms. The van der Waals surface area contributed by atoms with Gasteiger partial charge in [0.05, 0.1) is 18.8 Å². The molecular weight excluding hydrogens is 272 g/mol. The van der Waals surface area contributed by atoms with Crippen LogP contribution in [0.3, 0.4) is 0 Å². The molecule has 0 saturated heterocycles. The van der Waals surface area contributed by atoms with Crippen LogP contribution in [-0.4, -0.2) is 6.26 Å². The minimum atomic E-state index is 1.47. The van der Waals surface area contributed by atoms with Crippen LogP contribution in [-0.2, 0) is 0 Å². The second-order valence-electron chi connectivity index (χ2n) is 3.89. The van der Waals surface area contributed by atoms with Crippen molar-refractivity contribution in [2.75, 3.05) is 6.26 Å². The Morgan fingerprint density at radius 2 is 1.38 bits per heavy atom. The van der Waals surface area contributed by atoms with E-state index >= 15 is 0 Å². The van der Waals surface area contributed by atoms with E-state index in [1.807, 2.05) is 45.8 Å². The number of aryl methyl sites for hydroxylation is 3. The molecule has 0 aliphatic rings. The van der Waals surface area contributed by atoms with Gasteiger partial charge in [0, 0.05) is 14.6 Å². The molecule has 0 amide bonds. The number of rotatable bonds is 1. The average Bonchev–Trinajstić information content (AvgIpc) is 2.81. The van der Waals surface area contributed by atoms with Crippen molar-refractivity contribution in [3.8, 4) is 0 Å². The molecule has 0 atom stereocenters. The van der Waals surface area contributed by atoms with Gasteiger partial charge in [-0.2, -0.15) is 0 Å². The lowest BCUT2D eigenvalue weighted by Gasteiger charge is -1.92. The topological polar surface area (TPSA) is 0 Å². The van der Waals surface area contributed by atoms with Gasteiger partial charge in [0.15, 0.2) is 0 Å². The quantitative estimate of drug-likeness (QED) is 0.507. The lowest BCUT2D eigenvalue weighted by molar-refractivity contribution is 1.48. The smallest absolute Gasteiger partial charge is 0.0644 e. The Labute approximate surface area is 111 Å². The maximum absolute atomic E-state index is 2.25. The van der Waals surface area contributed by atoms with Gasteiger partial charge < -0.3 is 0 Å². The first kappa shape index (κ1) is 11.1. The lowest BCUT2D eigenvalue weighted by Crippen LogP contribution is -1.66. The van der Waals surface area contributed by atoms with E-state index in [-0.39, 0.29) is 0 Å². The summed E-state index contributed by atoms with van der Waals surface area (Å²) in [6.45, 7) is 6.72. The number of thiophene rings is 3. The van der Waals surface area contributed by atoms with Crippen molar-refractivity contribution in [1.29, 1.82) is 0 Å². The normalized spacial score (nSPS) is 12.0. The Bertz CT molecular complexity index is 681. The molecule has 0 aliphatic carbocycles. The molecule has 0 spiro atoms. The SMILES string of the molecule is CSc1c(C)sc2c1sc1c(C)c(C)sc12. The summed E-state index contributed by atoms with van der Waals surface area (Å²) in [6.07, 6.45) is 2.18. The lowest BCUT2D eigenvalue weighted by atomic mass is 10.3. The predicted molar refractivity (Wildman–Crippen MR) is 81.1 cm³/mol. The van der Waals surface area contributed by atoms with Crippen molar-refractivity contribution >= 4 is 64.6 Å². The number of thioether (sulfide) groups is 1. The van der Waals surface area contributed by atoms with Crippen molar-refractivity contribution in [1.82, 2.24) is 0 Å². The first-order valence-corrected chi connectivity index (χ1v) is 8.76. The third kappa shape index (κ3) is 1.33.